The minimum absolute atomic E-state index is 0.318. The fourth-order valence-electron chi connectivity index (χ4n) is 1.05. The normalized spacial score (nSPS) is 10.1. The van der Waals surface area contributed by atoms with E-state index in [2.05, 4.69) is 19.9 Å². The number of nitrogens with zero attached hydrogens (tertiary/aromatic N) is 4. The van der Waals surface area contributed by atoms with Gasteiger partial charge in [-0.2, -0.15) is 4.98 Å². The van der Waals surface area contributed by atoms with Crippen molar-refractivity contribution in [2.75, 3.05) is 14.2 Å². The molecule has 72 valence electrons. The molecule has 2 rings (SSSR count). The first-order valence-corrected chi connectivity index (χ1v) is 3.91. The Balaban J connectivity index is 2.69. The predicted molar refractivity (Wildman–Crippen MR) is 48.2 cm³/mol. The molecule has 6 nitrogen and oxygen atoms in total. The maximum Gasteiger partial charge on any atom is 0.279 e. The van der Waals surface area contributed by atoms with Crippen LogP contribution in [0.1, 0.15) is 0 Å². The SMILES string of the molecule is COc1nc2cncnc2nc1OC. The van der Waals surface area contributed by atoms with E-state index in [1.54, 1.807) is 6.20 Å². The quantitative estimate of drug-likeness (QED) is 0.687. The van der Waals surface area contributed by atoms with Crippen molar-refractivity contribution in [3.05, 3.63) is 12.5 Å². The monoisotopic (exact) mass is 192 g/mol. The van der Waals surface area contributed by atoms with Gasteiger partial charge in [0, 0.05) is 0 Å². The minimum Gasteiger partial charge on any atom is -0.477 e. The van der Waals surface area contributed by atoms with Crippen LogP contribution in [0.15, 0.2) is 12.5 Å². The van der Waals surface area contributed by atoms with Gasteiger partial charge >= 0.3 is 0 Å². The molecule has 14 heavy (non-hydrogen) atoms. The summed E-state index contributed by atoms with van der Waals surface area (Å²) in [6, 6.07) is 0. The van der Waals surface area contributed by atoms with E-state index in [4.69, 9.17) is 9.47 Å². The lowest BCUT2D eigenvalue weighted by Gasteiger charge is -2.04. The van der Waals surface area contributed by atoms with E-state index >= 15 is 0 Å². The summed E-state index contributed by atoms with van der Waals surface area (Å²) in [5.41, 5.74) is 1.06. The molecule has 0 aliphatic rings. The molecule has 0 saturated heterocycles. The molecule has 0 atom stereocenters. The molecule has 0 N–H and O–H groups in total. The largest absolute Gasteiger partial charge is 0.477 e. The maximum absolute atomic E-state index is 4.99. The van der Waals surface area contributed by atoms with Gasteiger partial charge in [-0.05, 0) is 0 Å². The summed E-state index contributed by atoms with van der Waals surface area (Å²) in [6.45, 7) is 0. The molecule has 0 saturated carbocycles. The van der Waals surface area contributed by atoms with E-state index < -0.39 is 0 Å². The molecular weight excluding hydrogens is 184 g/mol. The van der Waals surface area contributed by atoms with Crippen LogP contribution in [0, 0.1) is 0 Å². The van der Waals surface area contributed by atoms with Crippen LogP contribution in [0.3, 0.4) is 0 Å². The number of hydrogen-bond acceptors (Lipinski definition) is 6. The highest BCUT2D eigenvalue weighted by Crippen LogP contribution is 2.22. The summed E-state index contributed by atoms with van der Waals surface area (Å²) >= 11 is 0. The van der Waals surface area contributed by atoms with E-state index in [9.17, 15) is 0 Å². The zero-order chi connectivity index (χ0) is 9.97. The van der Waals surface area contributed by atoms with Crippen molar-refractivity contribution in [1.29, 1.82) is 0 Å². The van der Waals surface area contributed by atoms with Gasteiger partial charge in [-0.1, -0.05) is 0 Å². The highest BCUT2D eigenvalue weighted by atomic mass is 16.5. The Bertz CT molecular complexity index is 418. The number of rotatable bonds is 2. The van der Waals surface area contributed by atoms with Crippen molar-refractivity contribution >= 4 is 11.2 Å². The fraction of sp³-hybridized carbons (Fsp3) is 0.250. The van der Waals surface area contributed by atoms with E-state index in [0.717, 1.165) is 0 Å². The number of hydrogen-bond donors (Lipinski definition) is 0. The molecule has 0 aliphatic heterocycles. The third-order valence-corrected chi connectivity index (χ3v) is 1.67. The predicted octanol–water partition coefficient (Wildman–Crippen LogP) is 0.437. The van der Waals surface area contributed by atoms with Crippen molar-refractivity contribution in [3.63, 3.8) is 0 Å². The van der Waals surface area contributed by atoms with Crippen molar-refractivity contribution in [1.82, 2.24) is 19.9 Å². The molecule has 0 amide bonds. The van der Waals surface area contributed by atoms with Gasteiger partial charge in [0.05, 0.1) is 20.4 Å². The summed E-state index contributed by atoms with van der Waals surface area (Å²) in [6.07, 6.45) is 2.97. The van der Waals surface area contributed by atoms with E-state index in [1.165, 1.54) is 20.5 Å². The number of ether oxygens (including phenoxy) is 2. The van der Waals surface area contributed by atoms with Gasteiger partial charge < -0.3 is 9.47 Å². The third-order valence-electron chi connectivity index (χ3n) is 1.67. The summed E-state index contributed by atoms with van der Waals surface area (Å²) in [7, 11) is 3.00. The smallest absolute Gasteiger partial charge is 0.279 e. The Morgan fingerprint density at radius 3 is 2.50 bits per heavy atom. The zero-order valence-electron chi connectivity index (χ0n) is 7.76. The summed E-state index contributed by atoms with van der Waals surface area (Å²) in [4.78, 5) is 16.0. The molecule has 0 bridgehead atoms. The van der Waals surface area contributed by atoms with Crippen LogP contribution in [0.25, 0.3) is 11.2 Å². The van der Waals surface area contributed by atoms with Gasteiger partial charge in [-0.15, -0.1) is 0 Å². The Kier molecular flexibility index (Phi) is 2.10. The molecule has 2 aromatic heterocycles. The number of methoxy groups -OCH3 is 2. The average Bonchev–Trinajstić information content (AvgIpc) is 2.27. The Morgan fingerprint density at radius 2 is 1.79 bits per heavy atom. The molecule has 0 unspecified atom stereocenters. The van der Waals surface area contributed by atoms with Gasteiger partial charge in [0.15, 0.2) is 5.65 Å². The second kappa shape index (κ2) is 3.41. The van der Waals surface area contributed by atoms with Crippen molar-refractivity contribution in [3.8, 4) is 11.8 Å². The molecule has 0 aliphatic carbocycles. The zero-order valence-corrected chi connectivity index (χ0v) is 7.76. The lowest BCUT2D eigenvalue weighted by atomic mass is 10.5. The van der Waals surface area contributed by atoms with Crippen LogP contribution >= 0.6 is 0 Å². The first-order valence-electron chi connectivity index (χ1n) is 3.91. The second-order valence-corrected chi connectivity index (χ2v) is 2.47. The lowest BCUT2D eigenvalue weighted by molar-refractivity contribution is 0.334. The second-order valence-electron chi connectivity index (χ2n) is 2.47. The Hall–Kier alpha value is -1.98. The van der Waals surface area contributed by atoms with Gasteiger partial charge in [0.25, 0.3) is 11.8 Å². The Morgan fingerprint density at radius 1 is 1.07 bits per heavy atom. The number of aromatic nitrogens is 4. The van der Waals surface area contributed by atoms with Crippen LogP contribution in [0.5, 0.6) is 11.8 Å². The maximum atomic E-state index is 4.99. The molecule has 2 aromatic rings. The topological polar surface area (TPSA) is 70.0 Å². The van der Waals surface area contributed by atoms with Crippen molar-refractivity contribution in [2.24, 2.45) is 0 Å². The fourth-order valence-corrected chi connectivity index (χ4v) is 1.05. The van der Waals surface area contributed by atoms with Crippen LogP contribution in [-0.2, 0) is 0 Å². The molecule has 6 heteroatoms. The molecule has 0 aromatic carbocycles. The Labute approximate surface area is 79.9 Å². The van der Waals surface area contributed by atoms with Crippen LogP contribution in [-0.4, -0.2) is 34.2 Å². The van der Waals surface area contributed by atoms with Crippen molar-refractivity contribution < 1.29 is 9.47 Å². The van der Waals surface area contributed by atoms with E-state index in [0.29, 0.717) is 22.9 Å². The van der Waals surface area contributed by atoms with Gasteiger partial charge in [-0.25, -0.2) is 15.0 Å². The lowest BCUT2D eigenvalue weighted by Crippen LogP contribution is -1.98. The minimum atomic E-state index is 0.318. The summed E-state index contributed by atoms with van der Waals surface area (Å²) in [5, 5.41) is 0. The van der Waals surface area contributed by atoms with Crippen LogP contribution < -0.4 is 9.47 Å². The van der Waals surface area contributed by atoms with Crippen LogP contribution in [0.2, 0.25) is 0 Å². The molecular formula is C8H8N4O2. The third kappa shape index (κ3) is 1.30. The first kappa shape index (κ1) is 8.61. The molecule has 0 spiro atoms. The molecule has 2 heterocycles. The highest BCUT2D eigenvalue weighted by Gasteiger charge is 2.09. The van der Waals surface area contributed by atoms with E-state index in [1.807, 2.05) is 0 Å². The van der Waals surface area contributed by atoms with Crippen molar-refractivity contribution in [2.45, 2.75) is 0 Å². The molecule has 0 fully saturated rings. The van der Waals surface area contributed by atoms with Gasteiger partial charge in [0.2, 0.25) is 0 Å². The standard InChI is InChI=1S/C8H8N4O2/c1-13-7-8(14-2)12-6-5(11-7)3-9-4-10-6/h3-4H,1-2H3. The van der Waals surface area contributed by atoms with Gasteiger partial charge in [-0.3, -0.25) is 0 Å². The molecule has 0 radical (unpaired) electrons. The van der Waals surface area contributed by atoms with E-state index in [-0.39, 0.29) is 0 Å². The highest BCUT2D eigenvalue weighted by molar-refractivity contribution is 5.69. The van der Waals surface area contributed by atoms with Crippen LogP contribution in [0.4, 0.5) is 0 Å². The average molecular weight is 192 g/mol. The summed E-state index contributed by atoms with van der Waals surface area (Å²) < 4.78 is 9.98. The first-order chi connectivity index (χ1) is 6.85. The van der Waals surface area contributed by atoms with Gasteiger partial charge in [0.1, 0.15) is 11.8 Å². The number of fused-ring (bicyclic) bond motifs is 1. The summed E-state index contributed by atoms with van der Waals surface area (Å²) in [5.74, 6) is 0.647.